The topological polar surface area (TPSA) is 33.4 Å². The fraction of sp³-hybridized carbons (Fsp3) is 0.455. The van der Waals surface area contributed by atoms with Gasteiger partial charge in [0.25, 0.3) is 0 Å². The Kier molecular flexibility index (Phi) is 3.01. The van der Waals surface area contributed by atoms with Crippen LogP contribution in [-0.2, 0) is 0 Å². The Balaban J connectivity index is 2.45. The van der Waals surface area contributed by atoms with Crippen LogP contribution in [0.5, 0.6) is 0 Å². The number of rotatable bonds is 3. The summed E-state index contributed by atoms with van der Waals surface area (Å²) in [6, 6.07) is 4.09. The lowest BCUT2D eigenvalue weighted by molar-refractivity contribution is 0.810. The van der Waals surface area contributed by atoms with Crippen LogP contribution >= 0.6 is 11.6 Å². The van der Waals surface area contributed by atoms with E-state index in [1.165, 1.54) is 5.56 Å². The first-order valence-electron chi connectivity index (χ1n) is 5.23. The van der Waals surface area contributed by atoms with E-state index in [4.69, 9.17) is 11.6 Å². The Morgan fingerprint density at radius 1 is 1.50 bits per heavy atom. The largest absolute Gasteiger partial charge is 0.358 e. The van der Waals surface area contributed by atoms with E-state index in [9.17, 15) is 0 Å². The maximum absolute atomic E-state index is 6.00. The van der Waals surface area contributed by atoms with E-state index < -0.39 is 0 Å². The van der Waals surface area contributed by atoms with Gasteiger partial charge in [-0.1, -0.05) is 0 Å². The van der Waals surface area contributed by atoms with Crippen molar-refractivity contribution in [3.8, 4) is 0 Å². The highest BCUT2D eigenvalue weighted by Crippen LogP contribution is 2.17. The maximum atomic E-state index is 6.00. The molecule has 1 atom stereocenters. The highest BCUT2D eigenvalue weighted by molar-refractivity contribution is 6.20. The van der Waals surface area contributed by atoms with Gasteiger partial charge in [-0.2, -0.15) is 9.61 Å². The second-order valence-corrected chi connectivity index (χ2v) is 4.83. The second kappa shape index (κ2) is 4.29. The fourth-order valence-electron chi connectivity index (χ4n) is 1.78. The van der Waals surface area contributed by atoms with E-state index in [1.807, 2.05) is 24.6 Å². The highest BCUT2D eigenvalue weighted by Gasteiger charge is 2.10. The summed E-state index contributed by atoms with van der Waals surface area (Å²) < 4.78 is 1.83. The van der Waals surface area contributed by atoms with E-state index >= 15 is 0 Å². The Bertz CT molecular complexity index is 492. The normalized spacial score (nSPS) is 13.0. The molecule has 0 N–H and O–H groups in total. The fourth-order valence-corrected chi connectivity index (χ4v) is 1.99. The molecule has 86 valence electrons. The summed E-state index contributed by atoms with van der Waals surface area (Å²) in [7, 11) is 2.01. The summed E-state index contributed by atoms with van der Waals surface area (Å²) in [5.74, 6) is 1.01. The van der Waals surface area contributed by atoms with E-state index in [1.54, 1.807) is 6.33 Å². The summed E-state index contributed by atoms with van der Waals surface area (Å²) in [6.07, 6.45) is 1.57. The average molecular weight is 239 g/mol. The van der Waals surface area contributed by atoms with Crippen molar-refractivity contribution in [2.45, 2.75) is 19.2 Å². The van der Waals surface area contributed by atoms with Crippen molar-refractivity contribution in [2.75, 3.05) is 18.5 Å². The van der Waals surface area contributed by atoms with Crippen molar-refractivity contribution in [1.82, 2.24) is 14.6 Å². The molecule has 2 heterocycles. The number of pyridine rings is 1. The second-order valence-electron chi connectivity index (χ2n) is 4.08. The van der Waals surface area contributed by atoms with Crippen LogP contribution < -0.4 is 4.90 Å². The molecule has 0 amide bonds. The average Bonchev–Trinajstić information content (AvgIpc) is 2.62. The van der Waals surface area contributed by atoms with Gasteiger partial charge >= 0.3 is 0 Å². The molecular weight excluding hydrogens is 224 g/mol. The molecule has 0 saturated carbocycles. The Morgan fingerprint density at radius 2 is 2.25 bits per heavy atom. The van der Waals surface area contributed by atoms with Crippen LogP contribution in [0.2, 0.25) is 0 Å². The molecule has 4 nitrogen and oxygen atoms in total. The van der Waals surface area contributed by atoms with Gasteiger partial charge in [0.2, 0.25) is 0 Å². The molecule has 0 fully saturated rings. The SMILES string of the molecule is Cc1cc(N(C)CC(C)Cl)n2ncnc2c1. The molecule has 16 heavy (non-hydrogen) atoms. The first-order chi connectivity index (χ1) is 7.58. The van der Waals surface area contributed by atoms with Gasteiger partial charge in [-0.05, 0) is 31.5 Å². The number of alkyl halides is 1. The minimum absolute atomic E-state index is 0.101. The smallest absolute Gasteiger partial charge is 0.157 e. The van der Waals surface area contributed by atoms with Gasteiger partial charge in [0.05, 0.1) is 0 Å². The van der Waals surface area contributed by atoms with Crippen molar-refractivity contribution in [2.24, 2.45) is 0 Å². The molecule has 0 aliphatic rings. The third kappa shape index (κ3) is 2.11. The molecule has 2 aromatic rings. The zero-order valence-corrected chi connectivity index (χ0v) is 10.4. The van der Waals surface area contributed by atoms with Gasteiger partial charge in [-0.15, -0.1) is 11.6 Å². The monoisotopic (exact) mass is 238 g/mol. The third-order valence-electron chi connectivity index (χ3n) is 2.42. The molecule has 0 aliphatic heterocycles. The van der Waals surface area contributed by atoms with Crippen LogP contribution in [0.3, 0.4) is 0 Å². The molecule has 2 aromatic heterocycles. The van der Waals surface area contributed by atoms with E-state index in [0.29, 0.717) is 0 Å². The maximum Gasteiger partial charge on any atom is 0.157 e. The van der Waals surface area contributed by atoms with Crippen LogP contribution in [0, 0.1) is 6.92 Å². The van der Waals surface area contributed by atoms with Crippen molar-refractivity contribution in [3.63, 3.8) is 0 Å². The molecule has 1 unspecified atom stereocenters. The molecule has 0 aliphatic carbocycles. The number of fused-ring (bicyclic) bond motifs is 1. The van der Waals surface area contributed by atoms with Gasteiger partial charge in [-0.25, -0.2) is 4.98 Å². The number of aromatic nitrogens is 3. The minimum Gasteiger partial charge on any atom is -0.358 e. The van der Waals surface area contributed by atoms with Crippen molar-refractivity contribution < 1.29 is 0 Å². The lowest BCUT2D eigenvalue weighted by Gasteiger charge is -2.21. The van der Waals surface area contributed by atoms with Crippen LogP contribution in [-0.4, -0.2) is 33.6 Å². The van der Waals surface area contributed by atoms with E-state index in [2.05, 4.69) is 28.0 Å². The molecule has 0 aromatic carbocycles. The Hall–Kier alpha value is -1.29. The van der Waals surface area contributed by atoms with E-state index in [-0.39, 0.29) is 5.38 Å². The number of hydrogen-bond acceptors (Lipinski definition) is 3. The minimum atomic E-state index is 0.101. The van der Waals surface area contributed by atoms with Crippen LogP contribution in [0.4, 0.5) is 5.82 Å². The molecular formula is C11H15ClN4. The summed E-state index contributed by atoms with van der Waals surface area (Å²) in [5, 5.41) is 4.31. The molecule has 0 saturated heterocycles. The standard InChI is InChI=1S/C11H15ClN4/c1-8-4-10-13-7-14-16(10)11(5-8)15(3)6-9(2)12/h4-5,7,9H,6H2,1-3H3. The predicted octanol–water partition coefficient (Wildman–Crippen LogP) is 2.10. The molecule has 5 heteroatoms. The van der Waals surface area contributed by atoms with Crippen LogP contribution in [0.25, 0.3) is 5.65 Å². The number of anilines is 1. The van der Waals surface area contributed by atoms with Gasteiger partial charge in [0.1, 0.15) is 12.1 Å². The summed E-state index contributed by atoms with van der Waals surface area (Å²) >= 11 is 6.00. The molecule has 0 spiro atoms. The highest BCUT2D eigenvalue weighted by atomic mass is 35.5. The van der Waals surface area contributed by atoms with Crippen molar-refractivity contribution >= 4 is 23.1 Å². The first-order valence-corrected chi connectivity index (χ1v) is 5.67. The van der Waals surface area contributed by atoms with Crippen LogP contribution in [0.15, 0.2) is 18.5 Å². The number of nitrogens with zero attached hydrogens (tertiary/aromatic N) is 4. The van der Waals surface area contributed by atoms with Gasteiger partial charge in [0.15, 0.2) is 5.65 Å². The predicted molar refractivity (Wildman–Crippen MR) is 66.3 cm³/mol. The zero-order chi connectivity index (χ0) is 11.7. The number of aryl methyl sites for hydroxylation is 1. The first kappa shape index (κ1) is 11.2. The van der Waals surface area contributed by atoms with Gasteiger partial charge in [-0.3, -0.25) is 0 Å². The van der Waals surface area contributed by atoms with Crippen molar-refractivity contribution in [1.29, 1.82) is 0 Å². The van der Waals surface area contributed by atoms with Crippen molar-refractivity contribution in [3.05, 3.63) is 24.0 Å². The summed E-state index contributed by atoms with van der Waals surface area (Å²) in [5.41, 5.74) is 2.04. The molecule has 0 radical (unpaired) electrons. The molecule has 2 rings (SSSR count). The number of hydrogen-bond donors (Lipinski definition) is 0. The Morgan fingerprint density at radius 3 is 2.94 bits per heavy atom. The lowest BCUT2D eigenvalue weighted by Crippen LogP contribution is -2.26. The summed E-state index contributed by atoms with van der Waals surface area (Å²) in [6.45, 7) is 4.81. The van der Waals surface area contributed by atoms with Gasteiger partial charge in [0, 0.05) is 19.0 Å². The Labute approximate surface area is 99.8 Å². The molecule has 0 bridgehead atoms. The number of halogens is 1. The van der Waals surface area contributed by atoms with E-state index in [0.717, 1.165) is 18.0 Å². The zero-order valence-electron chi connectivity index (χ0n) is 9.68. The third-order valence-corrected chi connectivity index (χ3v) is 2.56. The lowest BCUT2D eigenvalue weighted by atomic mass is 10.3. The van der Waals surface area contributed by atoms with Gasteiger partial charge < -0.3 is 4.90 Å². The van der Waals surface area contributed by atoms with Crippen LogP contribution in [0.1, 0.15) is 12.5 Å². The summed E-state index contributed by atoms with van der Waals surface area (Å²) in [4.78, 5) is 6.28. The quantitative estimate of drug-likeness (QED) is 0.768.